The number of anilines is 1. The second kappa shape index (κ2) is 5.78. The van der Waals surface area contributed by atoms with Crippen molar-refractivity contribution in [3.8, 4) is 11.5 Å². The van der Waals surface area contributed by atoms with Crippen molar-refractivity contribution in [2.24, 2.45) is 0 Å². The van der Waals surface area contributed by atoms with Gasteiger partial charge >= 0.3 is 5.97 Å². The van der Waals surface area contributed by atoms with Gasteiger partial charge in [0.25, 0.3) is 0 Å². The third-order valence-electron chi connectivity index (χ3n) is 3.06. The van der Waals surface area contributed by atoms with Gasteiger partial charge in [-0.2, -0.15) is 0 Å². The fourth-order valence-electron chi connectivity index (χ4n) is 2.03. The van der Waals surface area contributed by atoms with Gasteiger partial charge in [-0.05, 0) is 24.3 Å². The van der Waals surface area contributed by atoms with Crippen molar-refractivity contribution >= 4 is 11.7 Å². The van der Waals surface area contributed by atoms with E-state index >= 15 is 0 Å². The first-order valence-corrected chi connectivity index (χ1v) is 6.57. The lowest BCUT2D eigenvalue weighted by Crippen LogP contribution is -2.15. The number of hydrogen-bond acceptors (Lipinski definition) is 6. The summed E-state index contributed by atoms with van der Waals surface area (Å²) in [5, 5.41) is 3.20. The Kier molecular flexibility index (Phi) is 3.68. The fraction of sp³-hybridized carbons (Fsp3) is 0.267. The van der Waals surface area contributed by atoms with Crippen LogP contribution in [0.1, 0.15) is 16.3 Å². The van der Waals surface area contributed by atoms with Gasteiger partial charge in [0.1, 0.15) is 19.0 Å². The molecule has 0 fully saturated rings. The number of fused-ring (bicyclic) bond motifs is 1. The van der Waals surface area contributed by atoms with Gasteiger partial charge in [0.05, 0.1) is 13.7 Å². The molecule has 110 valence electrons. The van der Waals surface area contributed by atoms with E-state index in [9.17, 15) is 4.79 Å². The van der Waals surface area contributed by atoms with Crippen LogP contribution in [-0.2, 0) is 11.3 Å². The summed E-state index contributed by atoms with van der Waals surface area (Å²) < 4.78 is 20.9. The lowest BCUT2D eigenvalue weighted by molar-refractivity contribution is 0.0563. The first kappa shape index (κ1) is 13.4. The SMILES string of the molecule is COC(=O)c1ccc(CNc2ccc3c(c2)OCCO3)o1. The molecule has 0 amide bonds. The third kappa shape index (κ3) is 2.94. The number of ether oxygens (including phenoxy) is 3. The average Bonchev–Trinajstić information content (AvgIpc) is 3.01. The Balaban J connectivity index is 1.65. The van der Waals surface area contributed by atoms with Gasteiger partial charge in [0.2, 0.25) is 5.76 Å². The molecule has 1 N–H and O–H groups in total. The Morgan fingerprint density at radius 1 is 1.19 bits per heavy atom. The van der Waals surface area contributed by atoms with Crippen LogP contribution in [0.2, 0.25) is 0 Å². The zero-order chi connectivity index (χ0) is 14.7. The molecule has 0 radical (unpaired) electrons. The van der Waals surface area contributed by atoms with Gasteiger partial charge in [0, 0.05) is 11.8 Å². The second-order valence-corrected chi connectivity index (χ2v) is 4.47. The molecule has 0 spiro atoms. The maximum absolute atomic E-state index is 11.3. The van der Waals surface area contributed by atoms with Crippen molar-refractivity contribution < 1.29 is 23.4 Å². The van der Waals surface area contributed by atoms with Crippen LogP contribution in [0.4, 0.5) is 5.69 Å². The molecule has 0 saturated carbocycles. The van der Waals surface area contributed by atoms with Gasteiger partial charge in [-0.1, -0.05) is 0 Å². The van der Waals surface area contributed by atoms with E-state index in [4.69, 9.17) is 13.9 Å². The summed E-state index contributed by atoms with van der Waals surface area (Å²) in [5.41, 5.74) is 0.885. The molecule has 0 atom stereocenters. The van der Waals surface area contributed by atoms with Gasteiger partial charge in [-0.25, -0.2) is 4.79 Å². The Morgan fingerprint density at radius 2 is 2.00 bits per heavy atom. The van der Waals surface area contributed by atoms with Crippen LogP contribution in [0, 0.1) is 0 Å². The van der Waals surface area contributed by atoms with Crippen LogP contribution in [-0.4, -0.2) is 26.3 Å². The molecule has 6 nitrogen and oxygen atoms in total. The molecule has 1 aromatic carbocycles. The van der Waals surface area contributed by atoms with Crippen molar-refractivity contribution in [2.75, 3.05) is 25.6 Å². The van der Waals surface area contributed by atoms with Gasteiger partial charge in [0.15, 0.2) is 11.5 Å². The van der Waals surface area contributed by atoms with Crippen LogP contribution < -0.4 is 14.8 Å². The quantitative estimate of drug-likeness (QED) is 0.872. The highest BCUT2D eigenvalue weighted by Gasteiger charge is 2.13. The summed E-state index contributed by atoms with van der Waals surface area (Å²) in [5.74, 6) is 1.82. The molecule has 2 aromatic rings. The second-order valence-electron chi connectivity index (χ2n) is 4.47. The number of benzene rings is 1. The summed E-state index contributed by atoms with van der Waals surface area (Å²) in [4.78, 5) is 11.3. The van der Waals surface area contributed by atoms with Crippen LogP contribution >= 0.6 is 0 Å². The van der Waals surface area contributed by atoms with E-state index in [1.807, 2.05) is 18.2 Å². The summed E-state index contributed by atoms with van der Waals surface area (Å²) in [6.45, 7) is 1.58. The monoisotopic (exact) mass is 289 g/mol. The molecule has 1 aromatic heterocycles. The summed E-state index contributed by atoms with van der Waals surface area (Å²) in [6, 6.07) is 8.96. The molecule has 0 bridgehead atoms. The van der Waals surface area contributed by atoms with E-state index in [1.54, 1.807) is 12.1 Å². The van der Waals surface area contributed by atoms with E-state index in [-0.39, 0.29) is 5.76 Å². The predicted octanol–water partition coefficient (Wildman–Crippen LogP) is 2.45. The average molecular weight is 289 g/mol. The van der Waals surface area contributed by atoms with Crippen LogP contribution in [0.25, 0.3) is 0 Å². The first-order chi connectivity index (χ1) is 10.3. The molecular formula is C15H15NO5. The number of carbonyl (C=O) groups is 1. The molecular weight excluding hydrogens is 274 g/mol. The molecule has 2 heterocycles. The van der Waals surface area contributed by atoms with Crippen molar-refractivity contribution in [1.82, 2.24) is 0 Å². The lowest BCUT2D eigenvalue weighted by Gasteiger charge is -2.19. The number of furan rings is 1. The Hall–Kier alpha value is -2.63. The van der Waals surface area contributed by atoms with Crippen LogP contribution in [0.15, 0.2) is 34.7 Å². The number of carbonyl (C=O) groups excluding carboxylic acids is 1. The standard InChI is InChI=1S/C15H15NO5/c1-18-15(17)13-5-3-11(21-13)9-16-10-2-4-12-14(8-10)20-7-6-19-12/h2-5,8,16H,6-7,9H2,1H3. The highest BCUT2D eigenvalue weighted by Crippen LogP contribution is 2.32. The third-order valence-corrected chi connectivity index (χ3v) is 3.06. The van der Waals surface area contributed by atoms with E-state index in [1.165, 1.54) is 7.11 Å². The number of rotatable bonds is 4. The number of esters is 1. The normalized spacial score (nSPS) is 12.8. The highest BCUT2D eigenvalue weighted by molar-refractivity contribution is 5.86. The summed E-state index contributed by atoms with van der Waals surface area (Å²) in [6.07, 6.45) is 0. The minimum absolute atomic E-state index is 0.191. The van der Waals surface area contributed by atoms with Gasteiger partial charge in [-0.3, -0.25) is 0 Å². The van der Waals surface area contributed by atoms with E-state index < -0.39 is 5.97 Å². The Bertz CT molecular complexity index is 649. The maximum atomic E-state index is 11.3. The molecule has 0 unspecified atom stereocenters. The molecule has 0 aliphatic carbocycles. The van der Waals surface area contributed by atoms with Crippen molar-refractivity contribution in [3.05, 3.63) is 41.9 Å². The highest BCUT2D eigenvalue weighted by atomic mass is 16.6. The van der Waals surface area contributed by atoms with E-state index in [0.29, 0.717) is 25.5 Å². The number of methoxy groups -OCH3 is 1. The smallest absolute Gasteiger partial charge is 0.373 e. The fourth-order valence-corrected chi connectivity index (χ4v) is 2.03. The first-order valence-electron chi connectivity index (χ1n) is 6.57. The largest absolute Gasteiger partial charge is 0.486 e. The number of hydrogen-bond donors (Lipinski definition) is 1. The van der Waals surface area contributed by atoms with Crippen molar-refractivity contribution in [2.45, 2.75) is 6.54 Å². The van der Waals surface area contributed by atoms with Crippen LogP contribution in [0.5, 0.6) is 11.5 Å². The lowest BCUT2D eigenvalue weighted by atomic mass is 10.2. The molecule has 6 heteroatoms. The minimum Gasteiger partial charge on any atom is -0.486 e. The van der Waals surface area contributed by atoms with Gasteiger partial charge in [-0.15, -0.1) is 0 Å². The zero-order valence-corrected chi connectivity index (χ0v) is 11.5. The molecule has 0 saturated heterocycles. The summed E-state index contributed by atoms with van der Waals surface area (Å²) >= 11 is 0. The van der Waals surface area contributed by atoms with E-state index in [0.717, 1.165) is 17.2 Å². The maximum Gasteiger partial charge on any atom is 0.373 e. The Labute approximate surface area is 121 Å². The van der Waals surface area contributed by atoms with Gasteiger partial charge < -0.3 is 23.9 Å². The van der Waals surface area contributed by atoms with Crippen molar-refractivity contribution in [1.29, 1.82) is 0 Å². The Morgan fingerprint density at radius 3 is 2.81 bits per heavy atom. The van der Waals surface area contributed by atoms with Crippen LogP contribution in [0.3, 0.4) is 0 Å². The molecule has 21 heavy (non-hydrogen) atoms. The summed E-state index contributed by atoms with van der Waals surface area (Å²) in [7, 11) is 1.32. The van der Waals surface area contributed by atoms with E-state index in [2.05, 4.69) is 10.1 Å². The van der Waals surface area contributed by atoms with Crippen molar-refractivity contribution in [3.63, 3.8) is 0 Å². The minimum atomic E-state index is -0.486. The topological polar surface area (TPSA) is 69.9 Å². The molecule has 1 aliphatic rings. The molecule has 3 rings (SSSR count). The zero-order valence-electron chi connectivity index (χ0n) is 11.5. The molecule has 1 aliphatic heterocycles. The number of nitrogens with one attached hydrogen (secondary N) is 1. The predicted molar refractivity (Wildman–Crippen MR) is 74.8 cm³/mol.